The van der Waals surface area contributed by atoms with Crippen LogP contribution in [0.25, 0.3) is 22.2 Å². The lowest BCUT2D eigenvalue weighted by Crippen LogP contribution is -2.38. The van der Waals surface area contributed by atoms with E-state index in [0.717, 1.165) is 31.8 Å². The molecular weight excluding hydrogens is 415 g/mol. The van der Waals surface area contributed by atoms with Gasteiger partial charge in [-0.3, -0.25) is 13.9 Å². The van der Waals surface area contributed by atoms with E-state index in [0.29, 0.717) is 10.6 Å². The van der Waals surface area contributed by atoms with Gasteiger partial charge < -0.3 is 10.5 Å². The molecule has 1 aromatic carbocycles. The molecule has 30 heavy (non-hydrogen) atoms. The highest BCUT2D eigenvalue weighted by Crippen LogP contribution is 2.42. The summed E-state index contributed by atoms with van der Waals surface area (Å²) >= 11 is 0. The number of hydrogen-bond donors (Lipinski definition) is 1. The van der Waals surface area contributed by atoms with Crippen molar-refractivity contribution in [3.8, 4) is 16.9 Å². The van der Waals surface area contributed by atoms with Crippen molar-refractivity contribution in [3.05, 3.63) is 55.9 Å². The van der Waals surface area contributed by atoms with Crippen LogP contribution in [0.15, 0.2) is 21.7 Å². The van der Waals surface area contributed by atoms with Crippen LogP contribution < -0.4 is 21.7 Å². The van der Waals surface area contributed by atoms with Crippen molar-refractivity contribution in [2.45, 2.75) is 12.7 Å². The van der Waals surface area contributed by atoms with Gasteiger partial charge in [0, 0.05) is 43.4 Å². The molecule has 2 N–H and O–H groups in total. The lowest BCUT2D eigenvalue weighted by Gasteiger charge is -2.20. The summed E-state index contributed by atoms with van der Waals surface area (Å²) in [6.07, 6.45) is -5.03. The second-order valence-corrected chi connectivity index (χ2v) is 6.39. The average Bonchev–Trinajstić information content (AvgIpc) is 2.67. The summed E-state index contributed by atoms with van der Waals surface area (Å²) in [5.41, 5.74) is -0.141. The second kappa shape index (κ2) is 7.20. The van der Waals surface area contributed by atoms with Crippen LogP contribution in [0.4, 0.5) is 22.0 Å². The molecule has 0 fully saturated rings. The van der Waals surface area contributed by atoms with E-state index >= 15 is 0 Å². The number of alkyl halides is 3. The number of hydrogen-bond acceptors (Lipinski definition) is 5. The number of methoxy groups -OCH3 is 1. The van der Waals surface area contributed by atoms with Crippen molar-refractivity contribution in [1.29, 1.82) is 0 Å². The maximum atomic E-state index is 14.3. The van der Waals surface area contributed by atoms with Crippen LogP contribution in [-0.2, 0) is 26.8 Å². The molecule has 0 amide bonds. The number of benzene rings is 1. The van der Waals surface area contributed by atoms with Crippen molar-refractivity contribution in [2.75, 3.05) is 7.11 Å². The zero-order valence-corrected chi connectivity index (χ0v) is 15.9. The first-order valence-corrected chi connectivity index (χ1v) is 8.37. The Morgan fingerprint density at radius 1 is 1.13 bits per heavy atom. The summed E-state index contributed by atoms with van der Waals surface area (Å²) in [5.74, 6) is -2.91. The standard InChI is InChI=1S/C18H15F5N4O3/c1-26-15-12(16(28)27(2)17(26)29)11(9(6-24)14(25-15)18(21,22)23)8-4-7(19)5-10(20)13(8)30-3/h4-5H,6,24H2,1-3H3. The molecule has 0 aliphatic rings. The fraction of sp³-hybridized carbons (Fsp3) is 0.278. The first-order chi connectivity index (χ1) is 13.9. The number of ether oxygens (including phenoxy) is 1. The van der Waals surface area contributed by atoms with Gasteiger partial charge in [0.2, 0.25) is 0 Å². The third-order valence-corrected chi connectivity index (χ3v) is 4.64. The number of aryl methyl sites for hydroxylation is 1. The summed E-state index contributed by atoms with van der Waals surface area (Å²) in [6.45, 7) is -0.763. The fourth-order valence-electron chi connectivity index (χ4n) is 3.31. The van der Waals surface area contributed by atoms with E-state index in [1.807, 2.05) is 0 Å². The van der Waals surface area contributed by atoms with Gasteiger partial charge in [0.05, 0.1) is 12.5 Å². The van der Waals surface area contributed by atoms with Crippen LogP contribution >= 0.6 is 0 Å². The van der Waals surface area contributed by atoms with Gasteiger partial charge in [-0.2, -0.15) is 13.2 Å². The van der Waals surface area contributed by atoms with Crippen LogP contribution in [-0.4, -0.2) is 21.2 Å². The predicted octanol–water partition coefficient (Wildman–Crippen LogP) is 2.06. The summed E-state index contributed by atoms with van der Waals surface area (Å²) in [7, 11) is 3.26. The first kappa shape index (κ1) is 21.4. The molecule has 0 aliphatic heterocycles. The molecule has 0 spiro atoms. The minimum absolute atomic E-state index is 0.462. The van der Waals surface area contributed by atoms with Gasteiger partial charge in [0.15, 0.2) is 22.9 Å². The molecule has 0 radical (unpaired) electrons. The highest BCUT2D eigenvalue weighted by atomic mass is 19.4. The lowest BCUT2D eigenvalue weighted by atomic mass is 9.94. The molecule has 2 heterocycles. The molecule has 3 aromatic rings. The Hall–Kier alpha value is -3.28. The minimum Gasteiger partial charge on any atom is -0.493 e. The van der Waals surface area contributed by atoms with Crippen LogP contribution in [0.1, 0.15) is 11.3 Å². The Morgan fingerprint density at radius 2 is 1.77 bits per heavy atom. The van der Waals surface area contributed by atoms with Crippen molar-refractivity contribution in [1.82, 2.24) is 14.1 Å². The largest absolute Gasteiger partial charge is 0.493 e. The van der Waals surface area contributed by atoms with Crippen molar-refractivity contribution in [3.63, 3.8) is 0 Å². The molecule has 0 bridgehead atoms. The number of rotatable bonds is 3. The number of fused-ring (bicyclic) bond motifs is 1. The van der Waals surface area contributed by atoms with Gasteiger partial charge in [0.1, 0.15) is 5.82 Å². The smallest absolute Gasteiger partial charge is 0.433 e. The minimum atomic E-state index is -5.03. The average molecular weight is 430 g/mol. The summed E-state index contributed by atoms with van der Waals surface area (Å²) in [4.78, 5) is 28.6. The Morgan fingerprint density at radius 3 is 2.30 bits per heavy atom. The van der Waals surface area contributed by atoms with Crippen molar-refractivity contribution >= 4 is 11.0 Å². The second-order valence-electron chi connectivity index (χ2n) is 6.39. The first-order valence-electron chi connectivity index (χ1n) is 8.37. The monoisotopic (exact) mass is 430 g/mol. The number of halogens is 5. The molecule has 0 atom stereocenters. The van der Waals surface area contributed by atoms with Crippen molar-refractivity contribution < 1.29 is 26.7 Å². The van der Waals surface area contributed by atoms with Gasteiger partial charge in [-0.05, 0) is 6.07 Å². The maximum absolute atomic E-state index is 14.3. The van der Waals surface area contributed by atoms with E-state index < -0.39 is 74.8 Å². The lowest BCUT2D eigenvalue weighted by molar-refractivity contribution is -0.141. The summed E-state index contributed by atoms with van der Waals surface area (Å²) in [6, 6.07) is 1.20. The van der Waals surface area contributed by atoms with E-state index in [9.17, 15) is 31.5 Å². The Labute approximate surface area is 165 Å². The van der Waals surface area contributed by atoms with E-state index in [-0.39, 0.29) is 0 Å². The number of pyridine rings is 1. The molecule has 0 saturated carbocycles. The Kier molecular flexibility index (Phi) is 5.14. The Bertz CT molecular complexity index is 1290. The van der Waals surface area contributed by atoms with Crippen LogP contribution in [0, 0.1) is 11.6 Å². The van der Waals surface area contributed by atoms with Gasteiger partial charge in [0.25, 0.3) is 5.56 Å². The van der Waals surface area contributed by atoms with Crippen molar-refractivity contribution in [2.24, 2.45) is 19.8 Å². The topological polar surface area (TPSA) is 92.1 Å². The Balaban J connectivity index is 2.76. The number of nitrogens with zero attached hydrogens (tertiary/aromatic N) is 3. The number of nitrogens with two attached hydrogens (primary N) is 1. The molecule has 0 unspecified atom stereocenters. The normalized spacial score (nSPS) is 11.9. The molecule has 2 aromatic heterocycles. The molecule has 0 aliphatic carbocycles. The summed E-state index contributed by atoms with van der Waals surface area (Å²) < 4.78 is 75.9. The zero-order chi connectivity index (χ0) is 22.5. The van der Waals surface area contributed by atoms with Gasteiger partial charge in [-0.25, -0.2) is 18.6 Å². The molecular formula is C18H15F5N4O3. The van der Waals surface area contributed by atoms with E-state index in [4.69, 9.17) is 10.5 Å². The molecule has 0 saturated heterocycles. The van der Waals surface area contributed by atoms with Gasteiger partial charge in [-0.15, -0.1) is 0 Å². The number of aromatic nitrogens is 3. The highest BCUT2D eigenvalue weighted by Gasteiger charge is 2.38. The fourth-order valence-corrected chi connectivity index (χ4v) is 3.31. The molecule has 7 nitrogen and oxygen atoms in total. The summed E-state index contributed by atoms with van der Waals surface area (Å²) in [5, 5.41) is -0.462. The maximum Gasteiger partial charge on any atom is 0.433 e. The van der Waals surface area contributed by atoms with Gasteiger partial charge >= 0.3 is 11.9 Å². The van der Waals surface area contributed by atoms with Gasteiger partial charge in [-0.1, -0.05) is 0 Å². The molecule has 160 valence electrons. The van der Waals surface area contributed by atoms with E-state index in [1.54, 1.807) is 0 Å². The van der Waals surface area contributed by atoms with E-state index in [1.165, 1.54) is 0 Å². The predicted molar refractivity (Wildman–Crippen MR) is 97.0 cm³/mol. The van der Waals surface area contributed by atoms with Crippen LogP contribution in [0.5, 0.6) is 5.75 Å². The molecule has 3 rings (SSSR count). The zero-order valence-electron chi connectivity index (χ0n) is 15.9. The van der Waals surface area contributed by atoms with Crippen LogP contribution in [0.3, 0.4) is 0 Å². The molecule has 12 heteroatoms. The SMILES string of the molecule is COc1c(F)cc(F)cc1-c1c(CN)c(C(F)(F)F)nc2c1c(=O)n(C)c(=O)n2C. The van der Waals surface area contributed by atoms with Crippen LogP contribution in [0.2, 0.25) is 0 Å². The quantitative estimate of drug-likeness (QED) is 0.643. The third kappa shape index (κ3) is 3.12. The third-order valence-electron chi connectivity index (χ3n) is 4.64. The highest BCUT2D eigenvalue weighted by molar-refractivity contribution is 5.96. The van der Waals surface area contributed by atoms with E-state index in [2.05, 4.69) is 4.98 Å².